The average Bonchev–Trinajstić information content (AvgIpc) is 3.06. The number of amides is 1. The molecule has 1 aliphatic carbocycles. The largest absolute Gasteiger partial charge is 0.462 e. The van der Waals surface area contributed by atoms with Gasteiger partial charge in [0.2, 0.25) is 5.91 Å². The molecule has 2 rings (SSSR count). The molecule has 0 radical (unpaired) electrons. The van der Waals surface area contributed by atoms with E-state index in [1.807, 2.05) is 6.07 Å². The summed E-state index contributed by atoms with van der Waals surface area (Å²) < 4.78 is 4.88. The van der Waals surface area contributed by atoms with E-state index in [2.05, 4.69) is 10.3 Å². The maximum absolute atomic E-state index is 12.0. The minimum absolute atomic E-state index is 0.00819. The molecule has 0 aliphatic heterocycles. The predicted octanol–water partition coefficient (Wildman–Crippen LogP) is 1.86. The molecule has 0 spiro atoms. The molecule has 24 heavy (non-hydrogen) atoms. The van der Waals surface area contributed by atoms with Gasteiger partial charge in [-0.15, -0.1) is 0 Å². The summed E-state index contributed by atoms with van der Waals surface area (Å²) in [7, 11) is 0. The van der Waals surface area contributed by atoms with E-state index < -0.39 is 5.97 Å². The van der Waals surface area contributed by atoms with Gasteiger partial charge in [-0.1, -0.05) is 24.6 Å². The molecule has 1 heterocycles. The summed E-state index contributed by atoms with van der Waals surface area (Å²) in [6.45, 7) is 1.89. The van der Waals surface area contributed by atoms with E-state index in [1.165, 1.54) is 6.07 Å². The van der Waals surface area contributed by atoms with E-state index in [0.29, 0.717) is 5.03 Å². The zero-order valence-corrected chi connectivity index (χ0v) is 14.3. The van der Waals surface area contributed by atoms with E-state index in [-0.39, 0.29) is 41.3 Å². The van der Waals surface area contributed by atoms with Gasteiger partial charge in [-0.2, -0.15) is 5.26 Å². The summed E-state index contributed by atoms with van der Waals surface area (Å²) in [5.74, 6) is -0.567. The lowest BCUT2D eigenvalue weighted by Crippen LogP contribution is -2.33. The number of hydrogen-bond donors (Lipinski definition) is 2. The van der Waals surface area contributed by atoms with Crippen LogP contribution in [0.15, 0.2) is 11.1 Å². The average molecular weight is 348 g/mol. The van der Waals surface area contributed by atoms with Crippen molar-refractivity contribution >= 4 is 29.5 Å². The number of carbonyl (C=O) groups excluding carboxylic acids is 2. The Morgan fingerprint density at radius 2 is 2.21 bits per heavy atom. The Hall–Kier alpha value is -2.27. The van der Waals surface area contributed by atoms with Gasteiger partial charge in [-0.05, 0) is 25.8 Å². The second-order valence-electron chi connectivity index (χ2n) is 5.44. The number of carbonyl (C=O) groups is 2. The Morgan fingerprint density at radius 1 is 1.50 bits per heavy atom. The molecular formula is C16H20N4O3S. The quantitative estimate of drug-likeness (QED) is 0.595. The van der Waals surface area contributed by atoms with Crippen LogP contribution in [0.4, 0.5) is 5.82 Å². The number of anilines is 1. The summed E-state index contributed by atoms with van der Waals surface area (Å²) in [5, 5.41) is 12.6. The SMILES string of the molecule is CCOC(=O)c1cc(C#N)c(SCC(=O)NC2CCCC2)nc1N. The van der Waals surface area contributed by atoms with Crippen LogP contribution < -0.4 is 11.1 Å². The highest BCUT2D eigenvalue weighted by Crippen LogP contribution is 2.25. The highest BCUT2D eigenvalue weighted by atomic mass is 32.2. The van der Waals surface area contributed by atoms with Crippen molar-refractivity contribution in [1.82, 2.24) is 10.3 Å². The van der Waals surface area contributed by atoms with Crippen LogP contribution in [-0.2, 0) is 9.53 Å². The fourth-order valence-electron chi connectivity index (χ4n) is 2.55. The van der Waals surface area contributed by atoms with Crippen LogP contribution in [-0.4, -0.2) is 35.3 Å². The van der Waals surface area contributed by atoms with Gasteiger partial charge in [-0.25, -0.2) is 9.78 Å². The first-order valence-corrected chi connectivity index (χ1v) is 8.83. The van der Waals surface area contributed by atoms with Gasteiger partial charge >= 0.3 is 5.97 Å². The van der Waals surface area contributed by atoms with Crippen molar-refractivity contribution in [2.75, 3.05) is 18.1 Å². The number of rotatable bonds is 6. The number of thioether (sulfide) groups is 1. The molecule has 7 nitrogen and oxygen atoms in total. The van der Waals surface area contributed by atoms with E-state index in [9.17, 15) is 14.9 Å². The van der Waals surface area contributed by atoms with Crippen molar-refractivity contribution in [3.8, 4) is 6.07 Å². The predicted molar refractivity (Wildman–Crippen MR) is 90.4 cm³/mol. The van der Waals surface area contributed by atoms with Gasteiger partial charge in [0.25, 0.3) is 0 Å². The number of aromatic nitrogens is 1. The van der Waals surface area contributed by atoms with E-state index in [0.717, 1.165) is 37.4 Å². The number of pyridine rings is 1. The lowest BCUT2D eigenvalue weighted by molar-refractivity contribution is -0.119. The Balaban J connectivity index is 2.04. The molecule has 1 aromatic heterocycles. The molecule has 3 N–H and O–H groups in total. The van der Waals surface area contributed by atoms with Crippen LogP contribution in [0.1, 0.15) is 48.5 Å². The molecule has 8 heteroatoms. The van der Waals surface area contributed by atoms with Crippen LogP contribution in [0.2, 0.25) is 0 Å². The Bertz CT molecular complexity index is 666. The number of hydrogen-bond acceptors (Lipinski definition) is 7. The van der Waals surface area contributed by atoms with Gasteiger partial charge in [-0.3, -0.25) is 4.79 Å². The van der Waals surface area contributed by atoms with Crippen LogP contribution in [0.25, 0.3) is 0 Å². The molecular weight excluding hydrogens is 328 g/mol. The van der Waals surface area contributed by atoms with Crippen molar-refractivity contribution in [3.05, 3.63) is 17.2 Å². The van der Waals surface area contributed by atoms with Gasteiger partial charge < -0.3 is 15.8 Å². The lowest BCUT2D eigenvalue weighted by Gasteiger charge is -2.12. The second-order valence-corrected chi connectivity index (χ2v) is 6.41. The van der Waals surface area contributed by atoms with Crippen molar-refractivity contribution < 1.29 is 14.3 Å². The molecule has 1 aliphatic rings. The molecule has 128 valence electrons. The van der Waals surface area contributed by atoms with Crippen molar-refractivity contribution in [2.24, 2.45) is 0 Å². The number of ether oxygens (including phenoxy) is 1. The third kappa shape index (κ3) is 4.61. The first-order chi connectivity index (χ1) is 11.5. The van der Waals surface area contributed by atoms with Gasteiger partial charge in [0.05, 0.1) is 17.9 Å². The highest BCUT2D eigenvalue weighted by molar-refractivity contribution is 8.00. The van der Waals surface area contributed by atoms with Crippen LogP contribution in [0, 0.1) is 11.3 Å². The third-order valence-electron chi connectivity index (χ3n) is 3.69. The summed E-state index contributed by atoms with van der Waals surface area (Å²) in [6, 6.07) is 3.59. The monoisotopic (exact) mass is 348 g/mol. The van der Waals surface area contributed by atoms with Gasteiger partial charge in [0.15, 0.2) is 0 Å². The molecule has 1 fully saturated rings. The van der Waals surface area contributed by atoms with E-state index in [4.69, 9.17) is 10.5 Å². The first-order valence-electron chi connectivity index (χ1n) is 7.85. The molecule has 0 unspecified atom stereocenters. The normalized spacial score (nSPS) is 14.2. The first kappa shape index (κ1) is 18.1. The Labute approximate surface area is 145 Å². The summed E-state index contributed by atoms with van der Waals surface area (Å²) in [6.07, 6.45) is 4.31. The van der Waals surface area contributed by atoms with Gasteiger partial charge in [0, 0.05) is 6.04 Å². The number of nitrogens with two attached hydrogens (primary N) is 1. The highest BCUT2D eigenvalue weighted by Gasteiger charge is 2.20. The van der Waals surface area contributed by atoms with Crippen LogP contribution >= 0.6 is 11.8 Å². The maximum Gasteiger partial charge on any atom is 0.341 e. The van der Waals surface area contributed by atoms with Crippen molar-refractivity contribution in [3.63, 3.8) is 0 Å². The molecule has 0 atom stereocenters. The molecule has 1 saturated carbocycles. The number of nitrogen functional groups attached to an aromatic ring is 1. The number of esters is 1. The third-order valence-corrected chi connectivity index (χ3v) is 4.68. The van der Waals surface area contributed by atoms with Crippen LogP contribution in [0.3, 0.4) is 0 Å². The van der Waals surface area contributed by atoms with E-state index in [1.54, 1.807) is 6.92 Å². The van der Waals surface area contributed by atoms with Crippen LogP contribution in [0.5, 0.6) is 0 Å². The Kier molecular flexibility index (Phi) is 6.44. The number of nitrogens with one attached hydrogen (secondary N) is 1. The molecule has 1 aromatic rings. The molecule has 0 bridgehead atoms. The van der Waals surface area contributed by atoms with Gasteiger partial charge in [0.1, 0.15) is 22.5 Å². The second kappa shape index (κ2) is 8.55. The minimum atomic E-state index is -0.616. The standard InChI is InChI=1S/C16H20N4O3S/c1-2-23-16(22)12-7-10(8-17)15(20-14(12)18)24-9-13(21)19-11-5-3-4-6-11/h7,11H,2-6,9H2,1H3,(H2,18,20)(H,19,21). The smallest absolute Gasteiger partial charge is 0.341 e. The maximum atomic E-state index is 12.0. The Morgan fingerprint density at radius 3 is 2.83 bits per heavy atom. The minimum Gasteiger partial charge on any atom is -0.462 e. The lowest BCUT2D eigenvalue weighted by atomic mass is 10.2. The number of nitriles is 1. The topological polar surface area (TPSA) is 118 Å². The zero-order chi connectivity index (χ0) is 17.5. The molecule has 0 aromatic carbocycles. The van der Waals surface area contributed by atoms with Crippen molar-refractivity contribution in [2.45, 2.75) is 43.7 Å². The molecule has 1 amide bonds. The summed E-state index contributed by atoms with van der Waals surface area (Å²) >= 11 is 1.13. The fraction of sp³-hybridized carbons (Fsp3) is 0.500. The summed E-state index contributed by atoms with van der Waals surface area (Å²) in [4.78, 5) is 27.8. The summed E-state index contributed by atoms with van der Waals surface area (Å²) in [5.41, 5.74) is 6.04. The van der Waals surface area contributed by atoms with Crippen molar-refractivity contribution in [1.29, 1.82) is 5.26 Å². The fourth-order valence-corrected chi connectivity index (χ4v) is 3.32. The zero-order valence-electron chi connectivity index (χ0n) is 13.5. The molecule has 0 saturated heterocycles. The number of nitrogens with zero attached hydrogens (tertiary/aromatic N) is 2. The van der Waals surface area contributed by atoms with E-state index >= 15 is 0 Å².